The van der Waals surface area contributed by atoms with Crippen LogP contribution in [0.15, 0.2) is 0 Å². The molecule has 1 fully saturated rings. The van der Waals surface area contributed by atoms with Crippen LogP contribution in [-0.2, 0) is 4.79 Å². The van der Waals surface area contributed by atoms with Crippen molar-refractivity contribution in [2.75, 3.05) is 44.7 Å². The van der Waals surface area contributed by atoms with Crippen molar-refractivity contribution < 1.29 is 4.79 Å². The SMILES string of the molecule is CNCC(=O)N1CCN(c2nc(C)c(C)s2)CC1.Cl. The number of rotatable bonds is 3. The van der Waals surface area contributed by atoms with Crippen LogP contribution in [-0.4, -0.2) is 55.6 Å². The fourth-order valence-electron chi connectivity index (χ4n) is 2.00. The van der Waals surface area contributed by atoms with E-state index in [1.807, 2.05) is 11.8 Å². The van der Waals surface area contributed by atoms with Crippen LogP contribution in [0.1, 0.15) is 10.6 Å². The molecule has 0 radical (unpaired) electrons. The summed E-state index contributed by atoms with van der Waals surface area (Å²) >= 11 is 1.74. The third kappa shape index (κ3) is 3.81. The van der Waals surface area contributed by atoms with Crippen molar-refractivity contribution in [3.8, 4) is 0 Å². The summed E-state index contributed by atoms with van der Waals surface area (Å²) in [6, 6.07) is 0. The lowest BCUT2D eigenvalue weighted by Gasteiger charge is -2.34. The summed E-state index contributed by atoms with van der Waals surface area (Å²) < 4.78 is 0. The van der Waals surface area contributed by atoms with Crippen LogP contribution < -0.4 is 10.2 Å². The Morgan fingerprint density at radius 3 is 2.42 bits per heavy atom. The van der Waals surface area contributed by atoms with Crippen LogP contribution in [0, 0.1) is 13.8 Å². The average Bonchev–Trinajstić information content (AvgIpc) is 2.70. The normalized spacial score (nSPS) is 15.3. The van der Waals surface area contributed by atoms with Gasteiger partial charge in [-0.3, -0.25) is 4.79 Å². The van der Waals surface area contributed by atoms with Gasteiger partial charge in [0.1, 0.15) is 0 Å². The third-order valence-corrected chi connectivity index (χ3v) is 4.38. The van der Waals surface area contributed by atoms with Crippen molar-refractivity contribution in [2.45, 2.75) is 13.8 Å². The first-order valence-electron chi connectivity index (χ1n) is 6.23. The molecule has 0 saturated carbocycles. The maximum Gasteiger partial charge on any atom is 0.236 e. The van der Waals surface area contributed by atoms with Gasteiger partial charge in [-0.25, -0.2) is 4.98 Å². The first-order chi connectivity index (χ1) is 8.61. The molecule has 0 aromatic carbocycles. The molecule has 7 heteroatoms. The Morgan fingerprint density at radius 1 is 1.32 bits per heavy atom. The average molecular weight is 305 g/mol. The minimum atomic E-state index is 0. The topological polar surface area (TPSA) is 48.5 Å². The van der Waals surface area contributed by atoms with Gasteiger partial charge in [0, 0.05) is 31.1 Å². The van der Waals surface area contributed by atoms with Crippen LogP contribution in [0.25, 0.3) is 0 Å². The predicted molar refractivity (Wildman–Crippen MR) is 81.6 cm³/mol. The Hall–Kier alpha value is -0.850. The number of halogens is 1. The number of amides is 1. The minimum Gasteiger partial charge on any atom is -0.345 e. The number of carbonyl (C=O) groups excluding carboxylic acids is 1. The van der Waals surface area contributed by atoms with Crippen LogP contribution in [0.4, 0.5) is 5.13 Å². The molecule has 0 atom stereocenters. The molecule has 1 aromatic rings. The maximum absolute atomic E-state index is 11.7. The molecule has 0 unspecified atom stereocenters. The number of carbonyl (C=O) groups is 1. The molecule has 1 amide bonds. The molecule has 0 aliphatic carbocycles. The van der Waals surface area contributed by atoms with Gasteiger partial charge in [0.05, 0.1) is 12.2 Å². The fraction of sp³-hybridized carbons (Fsp3) is 0.667. The second-order valence-corrected chi connectivity index (χ2v) is 5.72. The largest absolute Gasteiger partial charge is 0.345 e. The molecule has 1 aliphatic heterocycles. The molecule has 1 N–H and O–H groups in total. The number of hydrogen-bond donors (Lipinski definition) is 1. The fourth-order valence-corrected chi connectivity index (χ4v) is 2.96. The molecule has 19 heavy (non-hydrogen) atoms. The quantitative estimate of drug-likeness (QED) is 0.907. The zero-order chi connectivity index (χ0) is 13.1. The van der Waals surface area contributed by atoms with Gasteiger partial charge in [0.15, 0.2) is 5.13 Å². The van der Waals surface area contributed by atoms with Gasteiger partial charge in [-0.1, -0.05) is 0 Å². The van der Waals surface area contributed by atoms with E-state index in [2.05, 4.69) is 22.1 Å². The number of anilines is 1. The van der Waals surface area contributed by atoms with E-state index in [9.17, 15) is 4.79 Å². The number of likely N-dealkylation sites (N-methyl/N-ethyl adjacent to an activating group) is 1. The second kappa shape index (κ2) is 7.07. The molecule has 0 spiro atoms. The summed E-state index contributed by atoms with van der Waals surface area (Å²) in [5.74, 6) is 0.184. The lowest BCUT2D eigenvalue weighted by atomic mass is 10.3. The number of thiazole rings is 1. The van der Waals surface area contributed by atoms with E-state index < -0.39 is 0 Å². The number of nitrogens with one attached hydrogen (secondary N) is 1. The minimum absolute atomic E-state index is 0. The van der Waals surface area contributed by atoms with Gasteiger partial charge in [0.2, 0.25) is 5.91 Å². The number of nitrogens with zero attached hydrogens (tertiary/aromatic N) is 3. The van der Waals surface area contributed by atoms with E-state index in [1.54, 1.807) is 18.4 Å². The van der Waals surface area contributed by atoms with Crippen LogP contribution in [0.5, 0.6) is 0 Å². The maximum atomic E-state index is 11.7. The molecule has 2 rings (SSSR count). The molecular formula is C12H21ClN4OS. The summed E-state index contributed by atoms with van der Waals surface area (Å²) in [6.07, 6.45) is 0. The van der Waals surface area contributed by atoms with Crippen molar-refractivity contribution in [3.05, 3.63) is 10.6 Å². The number of hydrogen-bond acceptors (Lipinski definition) is 5. The molecule has 2 heterocycles. The van der Waals surface area contributed by atoms with E-state index >= 15 is 0 Å². The highest BCUT2D eigenvalue weighted by molar-refractivity contribution is 7.15. The Balaban J connectivity index is 0.00000180. The first kappa shape index (κ1) is 16.2. The highest BCUT2D eigenvalue weighted by Gasteiger charge is 2.22. The van der Waals surface area contributed by atoms with Crippen molar-refractivity contribution in [2.24, 2.45) is 0 Å². The summed E-state index contributed by atoms with van der Waals surface area (Å²) in [6.45, 7) is 7.90. The van der Waals surface area contributed by atoms with Crippen molar-refractivity contribution >= 4 is 34.8 Å². The van der Waals surface area contributed by atoms with Crippen LogP contribution in [0.2, 0.25) is 0 Å². The summed E-state index contributed by atoms with van der Waals surface area (Å²) in [5, 5.41) is 3.99. The second-order valence-electron chi connectivity index (χ2n) is 4.54. The van der Waals surface area contributed by atoms with Gasteiger partial charge < -0.3 is 15.1 Å². The van der Waals surface area contributed by atoms with Crippen molar-refractivity contribution in [3.63, 3.8) is 0 Å². The number of aryl methyl sites for hydroxylation is 2. The molecule has 0 bridgehead atoms. The summed E-state index contributed by atoms with van der Waals surface area (Å²) in [5.41, 5.74) is 1.11. The standard InChI is InChI=1S/C12H20N4OS.ClH/c1-9-10(2)18-12(14-9)16-6-4-15(5-7-16)11(17)8-13-3;/h13H,4-8H2,1-3H3;1H. The number of aromatic nitrogens is 1. The number of piperazine rings is 1. The van der Waals surface area contributed by atoms with Crippen molar-refractivity contribution in [1.29, 1.82) is 0 Å². The lowest BCUT2D eigenvalue weighted by molar-refractivity contribution is -0.130. The molecule has 5 nitrogen and oxygen atoms in total. The smallest absolute Gasteiger partial charge is 0.236 e. The molecular weight excluding hydrogens is 284 g/mol. The van der Waals surface area contributed by atoms with E-state index in [1.165, 1.54) is 4.88 Å². The zero-order valence-corrected chi connectivity index (χ0v) is 13.2. The third-order valence-electron chi connectivity index (χ3n) is 3.25. The van der Waals surface area contributed by atoms with Gasteiger partial charge in [-0.05, 0) is 20.9 Å². The Kier molecular flexibility index (Phi) is 6.03. The molecule has 108 valence electrons. The lowest BCUT2D eigenvalue weighted by Crippen LogP contribution is -2.50. The van der Waals surface area contributed by atoms with Crippen molar-refractivity contribution in [1.82, 2.24) is 15.2 Å². The highest BCUT2D eigenvalue weighted by Crippen LogP contribution is 2.25. The van der Waals surface area contributed by atoms with Crippen LogP contribution in [0.3, 0.4) is 0 Å². The predicted octanol–water partition coefficient (Wildman–Crippen LogP) is 1.05. The van der Waals surface area contributed by atoms with Gasteiger partial charge >= 0.3 is 0 Å². The van der Waals surface area contributed by atoms with E-state index in [4.69, 9.17) is 0 Å². The Morgan fingerprint density at radius 2 is 1.95 bits per heavy atom. The molecule has 1 aromatic heterocycles. The zero-order valence-electron chi connectivity index (χ0n) is 11.6. The van der Waals surface area contributed by atoms with Gasteiger partial charge in [-0.15, -0.1) is 23.7 Å². The summed E-state index contributed by atoms with van der Waals surface area (Å²) in [4.78, 5) is 21.8. The van der Waals surface area contributed by atoms with Crippen LogP contribution >= 0.6 is 23.7 Å². The Labute approximate surface area is 124 Å². The van der Waals surface area contributed by atoms with E-state index in [0.29, 0.717) is 6.54 Å². The summed E-state index contributed by atoms with van der Waals surface area (Å²) in [7, 11) is 1.80. The van der Waals surface area contributed by atoms with E-state index in [0.717, 1.165) is 37.0 Å². The van der Waals surface area contributed by atoms with Gasteiger partial charge in [-0.2, -0.15) is 0 Å². The van der Waals surface area contributed by atoms with Gasteiger partial charge in [0.25, 0.3) is 0 Å². The highest BCUT2D eigenvalue weighted by atomic mass is 35.5. The first-order valence-corrected chi connectivity index (χ1v) is 7.05. The van der Waals surface area contributed by atoms with E-state index in [-0.39, 0.29) is 18.3 Å². The Bertz CT molecular complexity index is 410. The molecule has 1 saturated heterocycles. The molecule has 1 aliphatic rings. The monoisotopic (exact) mass is 304 g/mol.